The van der Waals surface area contributed by atoms with E-state index in [1.54, 1.807) is 6.08 Å². The second-order valence-electron chi connectivity index (χ2n) is 4.35. The van der Waals surface area contributed by atoms with Crippen molar-refractivity contribution in [3.63, 3.8) is 0 Å². The molecule has 0 radical (unpaired) electrons. The topological polar surface area (TPSA) is 61.2 Å². The van der Waals surface area contributed by atoms with Crippen LogP contribution in [0.4, 0.5) is 0 Å². The molecule has 0 aliphatic heterocycles. The Morgan fingerprint density at radius 1 is 1.53 bits per heavy atom. The minimum Gasteiger partial charge on any atom is -0.207 e. The molecule has 1 aromatic rings. The van der Waals surface area contributed by atoms with Crippen molar-refractivity contribution < 1.29 is 8.42 Å². The molecule has 2 rings (SSSR count). The third kappa shape index (κ3) is 2.81. The minimum atomic E-state index is -3.58. The fourth-order valence-corrected chi connectivity index (χ4v) is 3.79. The van der Waals surface area contributed by atoms with E-state index >= 15 is 0 Å². The van der Waals surface area contributed by atoms with Gasteiger partial charge in [0.2, 0.25) is 10.0 Å². The number of hydrogen-bond donors (Lipinski definition) is 0. The van der Waals surface area contributed by atoms with Gasteiger partial charge in [0.05, 0.1) is 15.5 Å². The zero-order valence-corrected chi connectivity index (χ0v) is 11.8. The summed E-state index contributed by atoms with van der Waals surface area (Å²) in [5.74, 6) is 0. The van der Waals surface area contributed by atoms with Crippen LogP contribution in [0.3, 0.4) is 0 Å². The quantitative estimate of drug-likeness (QED) is 0.785. The highest BCUT2D eigenvalue weighted by molar-refractivity contribution is 7.89. The molecular weight excluding hydrogens is 284 g/mol. The molecule has 1 fully saturated rings. The summed E-state index contributed by atoms with van der Waals surface area (Å²) in [6, 6.07) is 6.13. The molecule has 0 unspecified atom stereocenters. The van der Waals surface area contributed by atoms with E-state index in [2.05, 4.69) is 6.58 Å². The van der Waals surface area contributed by atoms with Gasteiger partial charge in [-0.3, -0.25) is 0 Å². The van der Waals surface area contributed by atoms with Crippen LogP contribution in [0.1, 0.15) is 18.4 Å². The van der Waals surface area contributed by atoms with E-state index in [9.17, 15) is 8.42 Å². The summed E-state index contributed by atoms with van der Waals surface area (Å²) in [5, 5.41) is 8.95. The predicted octanol–water partition coefficient (Wildman–Crippen LogP) is 2.55. The van der Waals surface area contributed by atoms with Crippen molar-refractivity contribution in [1.29, 1.82) is 5.26 Å². The predicted molar refractivity (Wildman–Crippen MR) is 73.3 cm³/mol. The van der Waals surface area contributed by atoms with Gasteiger partial charge in [0.15, 0.2) is 0 Å². The Morgan fingerprint density at radius 3 is 2.68 bits per heavy atom. The van der Waals surface area contributed by atoms with Gasteiger partial charge in [-0.1, -0.05) is 17.7 Å². The van der Waals surface area contributed by atoms with Crippen molar-refractivity contribution in [1.82, 2.24) is 4.31 Å². The summed E-state index contributed by atoms with van der Waals surface area (Å²) in [7, 11) is -3.58. The fraction of sp³-hybridized carbons (Fsp3) is 0.308. The molecule has 100 valence electrons. The second kappa shape index (κ2) is 5.33. The van der Waals surface area contributed by atoms with Crippen LogP contribution in [0.2, 0.25) is 5.02 Å². The lowest BCUT2D eigenvalue weighted by molar-refractivity contribution is 0.436. The average Bonchev–Trinajstić information content (AvgIpc) is 3.19. The van der Waals surface area contributed by atoms with Crippen molar-refractivity contribution in [2.45, 2.75) is 23.8 Å². The Kier molecular flexibility index (Phi) is 3.95. The van der Waals surface area contributed by atoms with Gasteiger partial charge < -0.3 is 0 Å². The van der Waals surface area contributed by atoms with Crippen molar-refractivity contribution in [3.8, 4) is 6.07 Å². The summed E-state index contributed by atoms with van der Waals surface area (Å²) in [5.41, 5.74) is 0.266. The Bertz CT molecular complexity index is 645. The second-order valence-corrected chi connectivity index (χ2v) is 6.65. The lowest BCUT2D eigenvalue weighted by Gasteiger charge is -2.20. The first-order valence-corrected chi connectivity index (χ1v) is 7.65. The van der Waals surface area contributed by atoms with E-state index in [1.165, 1.54) is 22.5 Å². The van der Waals surface area contributed by atoms with E-state index in [1.807, 2.05) is 6.07 Å². The average molecular weight is 297 g/mol. The normalized spacial score (nSPS) is 15.2. The number of sulfonamides is 1. The molecule has 0 spiro atoms. The molecule has 1 saturated carbocycles. The van der Waals surface area contributed by atoms with Gasteiger partial charge in [-0.2, -0.15) is 9.57 Å². The number of nitriles is 1. The van der Waals surface area contributed by atoms with Crippen molar-refractivity contribution in [2.75, 3.05) is 6.54 Å². The van der Waals surface area contributed by atoms with Gasteiger partial charge in [0.1, 0.15) is 6.07 Å². The molecule has 6 heteroatoms. The molecule has 0 aromatic heterocycles. The summed E-state index contributed by atoms with van der Waals surface area (Å²) >= 11 is 5.89. The smallest absolute Gasteiger partial charge is 0.207 e. The highest BCUT2D eigenvalue weighted by Crippen LogP contribution is 2.32. The van der Waals surface area contributed by atoms with Crippen LogP contribution >= 0.6 is 11.6 Å². The van der Waals surface area contributed by atoms with Gasteiger partial charge in [0, 0.05) is 12.6 Å². The Morgan fingerprint density at radius 2 is 2.21 bits per heavy atom. The summed E-state index contributed by atoms with van der Waals surface area (Å²) in [4.78, 5) is 0.116. The molecule has 19 heavy (non-hydrogen) atoms. The van der Waals surface area contributed by atoms with Crippen LogP contribution in [0.15, 0.2) is 35.7 Å². The van der Waals surface area contributed by atoms with Crippen molar-refractivity contribution in [2.24, 2.45) is 0 Å². The van der Waals surface area contributed by atoms with Crippen LogP contribution < -0.4 is 0 Å². The first kappa shape index (κ1) is 14.1. The number of benzene rings is 1. The maximum Gasteiger partial charge on any atom is 0.243 e. The summed E-state index contributed by atoms with van der Waals surface area (Å²) in [6.07, 6.45) is 3.31. The molecule has 0 bridgehead atoms. The van der Waals surface area contributed by atoms with Crippen molar-refractivity contribution >= 4 is 21.6 Å². The molecule has 0 N–H and O–H groups in total. The van der Waals surface area contributed by atoms with E-state index in [4.69, 9.17) is 16.9 Å². The Hall–Kier alpha value is -1.35. The van der Waals surface area contributed by atoms with Crippen LogP contribution in [-0.4, -0.2) is 25.3 Å². The molecule has 0 heterocycles. The van der Waals surface area contributed by atoms with Crippen molar-refractivity contribution in [3.05, 3.63) is 41.4 Å². The molecule has 1 aliphatic carbocycles. The summed E-state index contributed by atoms with van der Waals surface area (Å²) in [6.45, 7) is 3.87. The summed E-state index contributed by atoms with van der Waals surface area (Å²) < 4.78 is 26.4. The molecule has 1 aromatic carbocycles. The maximum absolute atomic E-state index is 12.5. The van der Waals surface area contributed by atoms with E-state index in [0.717, 1.165) is 12.8 Å². The van der Waals surface area contributed by atoms with Crippen LogP contribution in [0, 0.1) is 11.3 Å². The van der Waals surface area contributed by atoms with Crippen LogP contribution in [-0.2, 0) is 10.0 Å². The number of nitrogens with zero attached hydrogens (tertiary/aromatic N) is 2. The molecule has 4 nitrogen and oxygen atoms in total. The number of halogens is 1. The SMILES string of the molecule is C=CCN(C1CC1)S(=O)(=O)c1ccc(C#N)c(Cl)c1. The Labute approximate surface area is 118 Å². The van der Waals surface area contributed by atoms with Crippen LogP contribution in [0.25, 0.3) is 0 Å². The Balaban J connectivity index is 2.40. The van der Waals surface area contributed by atoms with Gasteiger partial charge in [0.25, 0.3) is 0 Å². The molecule has 1 aliphatic rings. The number of hydrogen-bond acceptors (Lipinski definition) is 3. The first-order valence-electron chi connectivity index (χ1n) is 5.83. The monoisotopic (exact) mass is 296 g/mol. The lowest BCUT2D eigenvalue weighted by atomic mass is 10.2. The fourth-order valence-electron chi connectivity index (χ4n) is 1.82. The highest BCUT2D eigenvalue weighted by Gasteiger charge is 2.37. The maximum atomic E-state index is 12.5. The van der Waals surface area contributed by atoms with E-state index in [-0.39, 0.29) is 28.1 Å². The van der Waals surface area contributed by atoms with Gasteiger partial charge in [-0.25, -0.2) is 8.42 Å². The van der Waals surface area contributed by atoms with E-state index in [0.29, 0.717) is 0 Å². The largest absolute Gasteiger partial charge is 0.243 e. The van der Waals surface area contributed by atoms with Gasteiger partial charge in [-0.05, 0) is 31.0 Å². The van der Waals surface area contributed by atoms with E-state index < -0.39 is 10.0 Å². The molecule has 0 atom stereocenters. The molecule has 0 saturated heterocycles. The zero-order valence-electron chi connectivity index (χ0n) is 10.2. The number of rotatable bonds is 5. The third-order valence-corrected chi connectivity index (χ3v) is 5.16. The van der Waals surface area contributed by atoms with Crippen LogP contribution in [0.5, 0.6) is 0 Å². The molecular formula is C13H13ClN2O2S. The van der Waals surface area contributed by atoms with Gasteiger partial charge in [-0.15, -0.1) is 6.58 Å². The first-order chi connectivity index (χ1) is 9.00. The third-order valence-electron chi connectivity index (χ3n) is 2.93. The zero-order chi connectivity index (χ0) is 14.0. The lowest BCUT2D eigenvalue weighted by Crippen LogP contribution is -2.33. The molecule has 0 amide bonds. The standard InChI is InChI=1S/C13H13ClN2O2S/c1-2-7-16(11-4-5-11)19(17,18)12-6-3-10(9-15)13(14)8-12/h2-3,6,8,11H,1,4-5,7H2. The highest BCUT2D eigenvalue weighted by atomic mass is 35.5. The van der Waals surface area contributed by atoms with Gasteiger partial charge >= 0.3 is 0 Å². The minimum absolute atomic E-state index is 0.0532.